The third-order valence-electron chi connectivity index (χ3n) is 3.11. The second-order valence-corrected chi connectivity index (χ2v) is 5.30. The quantitative estimate of drug-likeness (QED) is 0.902. The molecule has 0 spiro atoms. The van der Waals surface area contributed by atoms with Crippen molar-refractivity contribution in [2.24, 2.45) is 0 Å². The van der Waals surface area contributed by atoms with E-state index in [1.807, 2.05) is 13.2 Å². The van der Waals surface area contributed by atoms with Crippen LogP contribution in [0.25, 0.3) is 11.0 Å². The van der Waals surface area contributed by atoms with Gasteiger partial charge in [-0.2, -0.15) is 0 Å². The molecular formula is C14H22N4. The van der Waals surface area contributed by atoms with Gasteiger partial charge in [-0.15, -0.1) is 0 Å². The summed E-state index contributed by atoms with van der Waals surface area (Å²) in [5.74, 6) is 1.28. The van der Waals surface area contributed by atoms with E-state index in [0.717, 1.165) is 23.4 Å². The van der Waals surface area contributed by atoms with Crippen molar-refractivity contribution in [3.05, 3.63) is 23.8 Å². The Kier molecular flexibility index (Phi) is 3.66. The highest BCUT2D eigenvalue weighted by molar-refractivity contribution is 5.79. The van der Waals surface area contributed by atoms with E-state index in [1.54, 1.807) is 0 Å². The summed E-state index contributed by atoms with van der Waals surface area (Å²) in [7, 11) is 1.96. The van der Waals surface area contributed by atoms with Crippen LogP contribution in [0.4, 0.5) is 0 Å². The average molecular weight is 246 g/mol. The van der Waals surface area contributed by atoms with Gasteiger partial charge in [0.25, 0.3) is 0 Å². The first-order chi connectivity index (χ1) is 8.54. The predicted octanol–water partition coefficient (Wildman–Crippen LogP) is 2.86. The molecule has 2 aromatic heterocycles. The summed E-state index contributed by atoms with van der Waals surface area (Å²) in [6.07, 6.45) is 4.14. The fourth-order valence-corrected chi connectivity index (χ4v) is 2.14. The van der Waals surface area contributed by atoms with Gasteiger partial charge in [0, 0.05) is 30.3 Å². The van der Waals surface area contributed by atoms with Crippen LogP contribution in [0.3, 0.4) is 0 Å². The molecule has 18 heavy (non-hydrogen) atoms. The zero-order valence-electron chi connectivity index (χ0n) is 11.9. The van der Waals surface area contributed by atoms with Gasteiger partial charge in [-0.3, -0.25) is 0 Å². The maximum atomic E-state index is 4.72. The summed E-state index contributed by atoms with van der Waals surface area (Å²) in [6.45, 7) is 9.44. The van der Waals surface area contributed by atoms with Crippen molar-refractivity contribution >= 4 is 11.0 Å². The van der Waals surface area contributed by atoms with Gasteiger partial charge in [-0.05, 0) is 20.9 Å². The summed E-state index contributed by atoms with van der Waals surface area (Å²) >= 11 is 0. The second kappa shape index (κ2) is 5.06. The average Bonchev–Trinajstić information content (AvgIpc) is 2.68. The molecule has 2 heterocycles. The smallest absolute Gasteiger partial charge is 0.131 e. The van der Waals surface area contributed by atoms with E-state index in [-0.39, 0.29) is 0 Å². The van der Waals surface area contributed by atoms with Crippen molar-refractivity contribution in [3.8, 4) is 0 Å². The Labute approximate surface area is 108 Å². The van der Waals surface area contributed by atoms with Crippen molar-refractivity contribution < 1.29 is 0 Å². The molecule has 0 fully saturated rings. The minimum atomic E-state index is 0.360. The van der Waals surface area contributed by atoms with E-state index in [2.05, 4.69) is 48.8 Å². The zero-order valence-corrected chi connectivity index (χ0v) is 11.9. The normalized spacial score (nSPS) is 11.9. The second-order valence-electron chi connectivity index (χ2n) is 5.30. The van der Waals surface area contributed by atoms with Crippen LogP contribution in [0.15, 0.2) is 12.4 Å². The molecule has 0 bridgehead atoms. The van der Waals surface area contributed by atoms with Crippen molar-refractivity contribution in [1.29, 1.82) is 0 Å². The van der Waals surface area contributed by atoms with E-state index in [0.29, 0.717) is 12.0 Å². The molecule has 2 aromatic rings. The van der Waals surface area contributed by atoms with E-state index >= 15 is 0 Å². The summed E-state index contributed by atoms with van der Waals surface area (Å²) in [4.78, 5) is 9.19. The molecule has 0 aromatic carbocycles. The first kappa shape index (κ1) is 13.0. The van der Waals surface area contributed by atoms with Crippen LogP contribution in [0, 0.1) is 0 Å². The van der Waals surface area contributed by atoms with Crippen LogP contribution < -0.4 is 5.32 Å². The Hall–Kier alpha value is -1.42. The van der Waals surface area contributed by atoms with Crippen LogP contribution >= 0.6 is 0 Å². The fourth-order valence-electron chi connectivity index (χ4n) is 2.14. The van der Waals surface area contributed by atoms with Crippen LogP contribution in [-0.2, 0) is 6.54 Å². The summed E-state index contributed by atoms with van der Waals surface area (Å²) in [6, 6.07) is 0.423. The minimum absolute atomic E-state index is 0.360. The highest BCUT2D eigenvalue weighted by atomic mass is 15.0. The highest BCUT2D eigenvalue weighted by Crippen LogP contribution is 2.24. The highest BCUT2D eigenvalue weighted by Gasteiger charge is 2.13. The van der Waals surface area contributed by atoms with E-state index in [1.165, 1.54) is 5.56 Å². The number of nitrogens with zero attached hydrogens (tertiary/aromatic N) is 3. The zero-order chi connectivity index (χ0) is 13.3. The van der Waals surface area contributed by atoms with Gasteiger partial charge in [-0.1, -0.05) is 13.8 Å². The summed E-state index contributed by atoms with van der Waals surface area (Å²) in [5, 5.41) is 3.20. The molecule has 0 atom stereocenters. The molecule has 4 heteroatoms. The summed E-state index contributed by atoms with van der Waals surface area (Å²) in [5.41, 5.74) is 3.45. The Balaban J connectivity index is 2.63. The molecule has 2 rings (SSSR count). The molecule has 0 radical (unpaired) electrons. The largest absolute Gasteiger partial charge is 0.342 e. The van der Waals surface area contributed by atoms with Gasteiger partial charge in [0.2, 0.25) is 0 Å². The molecule has 0 saturated carbocycles. The predicted molar refractivity (Wildman–Crippen MR) is 74.8 cm³/mol. The van der Waals surface area contributed by atoms with Gasteiger partial charge in [0.15, 0.2) is 0 Å². The standard InChI is InChI=1S/C14H22N4/c1-9(2)14-16-7-12-13(17-14)11(6-15-5)8-18(12)10(3)4/h7-10,15H,6H2,1-5H3. The Morgan fingerprint density at radius 3 is 2.56 bits per heavy atom. The molecular weight excluding hydrogens is 224 g/mol. The van der Waals surface area contributed by atoms with Crippen molar-refractivity contribution in [3.63, 3.8) is 0 Å². The van der Waals surface area contributed by atoms with Crippen LogP contribution in [0.2, 0.25) is 0 Å². The van der Waals surface area contributed by atoms with E-state index in [9.17, 15) is 0 Å². The van der Waals surface area contributed by atoms with Crippen LogP contribution in [-0.4, -0.2) is 21.6 Å². The van der Waals surface area contributed by atoms with Crippen LogP contribution in [0.1, 0.15) is 51.0 Å². The third-order valence-corrected chi connectivity index (χ3v) is 3.11. The number of hydrogen-bond donors (Lipinski definition) is 1. The van der Waals surface area contributed by atoms with E-state index in [4.69, 9.17) is 4.98 Å². The Morgan fingerprint density at radius 2 is 2.00 bits per heavy atom. The number of fused-ring (bicyclic) bond motifs is 1. The lowest BCUT2D eigenvalue weighted by atomic mass is 10.2. The Bertz CT molecular complexity index is 540. The summed E-state index contributed by atoms with van der Waals surface area (Å²) < 4.78 is 2.24. The van der Waals surface area contributed by atoms with Gasteiger partial charge in [0.05, 0.1) is 17.2 Å². The van der Waals surface area contributed by atoms with E-state index < -0.39 is 0 Å². The van der Waals surface area contributed by atoms with Crippen molar-refractivity contribution in [2.45, 2.75) is 46.2 Å². The third kappa shape index (κ3) is 2.25. The molecule has 0 amide bonds. The first-order valence-corrected chi connectivity index (χ1v) is 6.55. The molecule has 0 aliphatic heterocycles. The molecule has 0 aliphatic carbocycles. The molecule has 0 saturated heterocycles. The molecule has 0 unspecified atom stereocenters. The van der Waals surface area contributed by atoms with Crippen molar-refractivity contribution in [2.75, 3.05) is 7.05 Å². The Morgan fingerprint density at radius 1 is 1.28 bits per heavy atom. The number of aromatic nitrogens is 3. The molecule has 4 nitrogen and oxygen atoms in total. The molecule has 1 N–H and O–H groups in total. The lowest BCUT2D eigenvalue weighted by Gasteiger charge is -2.09. The fraction of sp³-hybridized carbons (Fsp3) is 0.571. The SMILES string of the molecule is CNCc1cn(C(C)C)c2cnc(C(C)C)nc12. The maximum absolute atomic E-state index is 4.72. The van der Waals surface area contributed by atoms with Gasteiger partial charge in [0.1, 0.15) is 5.82 Å². The maximum Gasteiger partial charge on any atom is 0.131 e. The van der Waals surface area contributed by atoms with Crippen LogP contribution in [0.5, 0.6) is 0 Å². The van der Waals surface area contributed by atoms with Gasteiger partial charge in [-0.25, -0.2) is 9.97 Å². The topological polar surface area (TPSA) is 42.7 Å². The monoisotopic (exact) mass is 246 g/mol. The number of hydrogen-bond acceptors (Lipinski definition) is 3. The van der Waals surface area contributed by atoms with Gasteiger partial charge >= 0.3 is 0 Å². The lowest BCUT2D eigenvalue weighted by molar-refractivity contribution is 0.618. The van der Waals surface area contributed by atoms with Crippen molar-refractivity contribution in [1.82, 2.24) is 19.9 Å². The first-order valence-electron chi connectivity index (χ1n) is 6.55. The lowest BCUT2D eigenvalue weighted by Crippen LogP contribution is -2.05. The number of nitrogens with one attached hydrogen (secondary N) is 1. The minimum Gasteiger partial charge on any atom is -0.342 e. The molecule has 0 aliphatic rings. The molecule has 98 valence electrons. The van der Waals surface area contributed by atoms with Gasteiger partial charge < -0.3 is 9.88 Å². The number of rotatable bonds is 4.